The number of aromatic nitrogens is 1. The highest BCUT2D eigenvalue weighted by Gasteiger charge is 2.48. The lowest BCUT2D eigenvalue weighted by molar-refractivity contribution is -0.142. The Balaban J connectivity index is 1.29. The van der Waals surface area contributed by atoms with E-state index < -0.39 is 0 Å². The number of benzene rings is 1. The van der Waals surface area contributed by atoms with Gasteiger partial charge in [-0.15, -0.1) is 0 Å². The fraction of sp³-hybridized carbons (Fsp3) is 0.536. The molecule has 3 aliphatic rings. The van der Waals surface area contributed by atoms with Crippen LogP contribution in [0.5, 0.6) is 5.88 Å². The van der Waals surface area contributed by atoms with Crippen molar-refractivity contribution in [1.29, 1.82) is 0 Å². The summed E-state index contributed by atoms with van der Waals surface area (Å²) in [6, 6.07) is 9.20. The first-order valence-corrected chi connectivity index (χ1v) is 13.8. The predicted molar refractivity (Wildman–Crippen MR) is 145 cm³/mol. The lowest BCUT2D eigenvalue weighted by atomic mass is 9.86. The Morgan fingerprint density at radius 2 is 1.81 bits per heavy atom. The molecule has 1 saturated carbocycles. The van der Waals surface area contributed by atoms with E-state index in [1.54, 1.807) is 24.4 Å². The first-order chi connectivity index (χ1) is 17.6. The van der Waals surface area contributed by atoms with Gasteiger partial charge in [-0.25, -0.2) is 4.98 Å². The molecule has 5 rings (SSSR count). The number of nitrogens with two attached hydrogens (primary N) is 1. The zero-order valence-corrected chi connectivity index (χ0v) is 22.8. The van der Waals surface area contributed by atoms with Crippen LogP contribution >= 0.6 is 23.2 Å². The minimum Gasteiger partial charge on any atom is -0.474 e. The van der Waals surface area contributed by atoms with Crippen LogP contribution in [0.2, 0.25) is 10.0 Å². The molecule has 198 valence electrons. The van der Waals surface area contributed by atoms with Gasteiger partial charge in [0.1, 0.15) is 6.10 Å². The third kappa shape index (κ3) is 5.53. The van der Waals surface area contributed by atoms with Crippen LogP contribution in [0.4, 0.5) is 5.69 Å². The van der Waals surface area contributed by atoms with E-state index in [-0.39, 0.29) is 41.1 Å². The summed E-state index contributed by atoms with van der Waals surface area (Å²) in [5.41, 5.74) is 7.21. The molecule has 1 aliphatic carbocycles. The number of pyridine rings is 1. The van der Waals surface area contributed by atoms with Crippen LogP contribution in [0.1, 0.15) is 51.0 Å². The van der Waals surface area contributed by atoms with Gasteiger partial charge in [-0.3, -0.25) is 9.59 Å². The molecule has 3 heterocycles. The molecule has 0 spiro atoms. The normalized spacial score (nSPS) is 24.1. The van der Waals surface area contributed by atoms with Crippen LogP contribution in [0.3, 0.4) is 0 Å². The Morgan fingerprint density at radius 1 is 1.08 bits per heavy atom. The molecule has 3 atom stereocenters. The predicted octanol–water partition coefficient (Wildman–Crippen LogP) is 5.02. The Bertz CT molecular complexity index is 1160. The molecular formula is C28H34Cl2N4O3. The summed E-state index contributed by atoms with van der Waals surface area (Å²) in [4.78, 5) is 34.6. The van der Waals surface area contributed by atoms with E-state index in [0.29, 0.717) is 60.6 Å². The molecule has 2 N–H and O–H groups in total. The van der Waals surface area contributed by atoms with Gasteiger partial charge in [0.25, 0.3) is 0 Å². The summed E-state index contributed by atoms with van der Waals surface area (Å²) < 4.78 is 6.20. The second-order valence-corrected chi connectivity index (χ2v) is 11.9. The maximum absolute atomic E-state index is 13.7. The number of nitrogens with zero attached hydrogens (tertiary/aromatic N) is 3. The number of halogens is 2. The number of piperidine rings is 1. The number of amides is 2. The maximum atomic E-state index is 13.7. The number of carbonyl (C=O) groups excluding carboxylic acids is 2. The number of hydrogen-bond acceptors (Lipinski definition) is 5. The van der Waals surface area contributed by atoms with Crippen molar-refractivity contribution in [2.75, 3.05) is 31.9 Å². The van der Waals surface area contributed by atoms with E-state index >= 15 is 0 Å². The first-order valence-electron chi connectivity index (χ1n) is 13.1. The summed E-state index contributed by atoms with van der Waals surface area (Å²) in [7, 11) is 0. The molecule has 9 heteroatoms. The van der Waals surface area contributed by atoms with Gasteiger partial charge in [0, 0.05) is 55.4 Å². The van der Waals surface area contributed by atoms with Crippen molar-refractivity contribution >= 4 is 40.7 Å². The van der Waals surface area contributed by atoms with E-state index in [1.165, 1.54) is 0 Å². The minimum absolute atomic E-state index is 0.0389. The minimum atomic E-state index is -0.202. The summed E-state index contributed by atoms with van der Waals surface area (Å²) in [6.45, 7) is 6.53. The van der Waals surface area contributed by atoms with E-state index in [4.69, 9.17) is 33.7 Å². The molecule has 0 radical (unpaired) electrons. The van der Waals surface area contributed by atoms with Gasteiger partial charge in [0.2, 0.25) is 17.7 Å². The molecule has 2 amide bonds. The molecule has 2 aromatic rings. The molecule has 2 saturated heterocycles. The molecule has 0 unspecified atom stereocenters. The topological polar surface area (TPSA) is 88.8 Å². The molecule has 3 fully saturated rings. The Morgan fingerprint density at radius 3 is 2.43 bits per heavy atom. The number of nitrogen functional groups attached to an aromatic ring is 1. The fourth-order valence-electron chi connectivity index (χ4n) is 5.69. The lowest BCUT2D eigenvalue weighted by Gasteiger charge is -2.34. The third-order valence-corrected chi connectivity index (χ3v) is 9.10. The van der Waals surface area contributed by atoms with Gasteiger partial charge in [-0.1, -0.05) is 36.2 Å². The zero-order chi connectivity index (χ0) is 26.3. The smallest absolute Gasteiger partial charge is 0.228 e. The Labute approximate surface area is 228 Å². The standard InChI is InChI=1S/C28H34Cl2N4O3/c1-17(37-25-6-4-20(31)14-32-25)21-15-34(16-22(21)19-3-5-23(29)24(30)13-19)26(35)18-7-11-33(12-8-18)27(36)28(2)9-10-28/h3-6,13-14,17-18,21-22H,7-12,15-16,31H2,1-2H3/t17-,21+,22+/m0/s1. The molecule has 1 aromatic heterocycles. The van der Waals surface area contributed by atoms with Crippen LogP contribution in [-0.4, -0.2) is 58.9 Å². The van der Waals surface area contributed by atoms with Crippen LogP contribution in [0.25, 0.3) is 0 Å². The molecule has 2 aliphatic heterocycles. The Kier molecular flexibility index (Phi) is 7.29. The molecule has 0 bridgehead atoms. The average molecular weight is 546 g/mol. The van der Waals surface area contributed by atoms with Gasteiger partial charge >= 0.3 is 0 Å². The van der Waals surface area contributed by atoms with Crippen molar-refractivity contribution in [3.63, 3.8) is 0 Å². The Hall–Kier alpha value is -2.51. The second-order valence-electron chi connectivity index (χ2n) is 11.1. The van der Waals surface area contributed by atoms with Gasteiger partial charge in [0.05, 0.1) is 21.9 Å². The van der Waals surface area contributed by atoms with Gasteiger partial charge < -0.3 is 20.3 Å². The maximum Gasteiger partial charge on any atom is 0.228 e. The van der Waals surface area contributed by atoms with Crippen LogP contribution < -0.4 is 10.5 Å². The lowest BCUT2D eigenvalue weighted by Crippen LogP contribution is -2.46. The summed E-state index contributed by atoms with van der Waals surface area (Å²) in [5.74, 6) is 0.924. The van der Waals surface area contributed by atoms with Crippen LogP contribution in [0, 0.1) is 17.3 Å². The highest BCUT2D eigenvalue weighted by Crippen LogP contribution is 2.47. The largest absolute Gasteiger partial charge is 0.474 e. The highest BCUT2D eigenvalue weighted by molar-refractivity contribution is 6.42. The molecule has 7 nitrogen and oxygen atoms in total. The van der Waals surface area contributed by atoms with Crippen molar-refractivity contribution in [3.8, 4) is 5.88 Å². The van der Waals surface area contributed by atoms with Crippen LogP contribution in [-0.2, 0) is 9.59 Å². The van der Waals surface area contributed by atoms with Gasteiger partial charge in [0.15, 0.2) is 0 Å². The van der Waals surface area contributed by atoms with Crippen molar-refractivity contribution in [1.82, 2.24) is 14.8 Å². The summed E-state index contributed by atoms with van der Waals surface area (Å²) in [6.07, 6.45) is 4.74. The fourth-order valence-corrected chi connectivity index (χ4v) is 6.00. The van der Waals surface area contributed by atoms with E-state index in [9.17, 15) is 9.59 Å². The number of carbonyl (C=O) groups is 2. The van der Waals surface area contributed by atoms with Crippen molar-refractivity contribution in [3.05, 3.63) is 52.1 Å². The average Bonchev–Trinajstić information content (AvgIpc) is 3.49. The van der Waals surface area contributed by atoms with E-state index in [2.05, 4.69) is 4.98 Å². The zero-order valence-electron chi connectivity index (χ0n) is 21.3. The van der Waals surface area contributed by atoms with Crippen LogP contribution in [0.15, 0.2) is 36.5 Å². The van der Waals surface area contributed by atoms with Gasteiger partial charge in [-0.2, -0.15) is 0 Å². The first kappa shape index (κ1) is 26.1. The van der Waals surface area contributed by atoms with E-state index in [1.807, 2.05) is 35.8 Å². The number of hydrogen-bond donors (Lipinski definition) is 1. The molecular weight excluding hydrogens is 511 g/mol. The molecule has 1 aromatic carbocycles. The SMILES string of the molecule is C[C@H](Oc1ccc(N)cn1)[C@H]1CN(C(=O)C2CCN(C(=O)C3(C)CC3)CC2)C[C@@H]1c1ccc(Cl)c(Cl)c1. The number of likely N-dealkylation sites (tertiary alicyclic amines) is 2. The summed E-state index contributed by atoms with van der Waals surface area (Å²) in [5, 5.41) is 1.00. The molecule has 37 heavy (non-hydrogen) atoms. The van der Waals surface area contributed by atoms with Crippen molar-refractivity contribution < 1.29 is 14.3 Å². The van der Waals surface area contributed by atoms with Crippen molar-refractivity contribution in [2.45, 2.75) is 51.6 Å². The van der Waals surface area contributed by atoms with Crippen molar-refractivity contribution in [2.24, 2.45) is 17.3 Å². The number of rotatable bonds is 6. The number of anilines is 1. The second kappa shape index (κ2) is 10.3. The van der Waals surface area contributed by atoms with E-state index in [0.717, 1.165) is 18.4 Å². The number of ether oxygens (including phenoxy) is 1. The quantitative estimate of drug-likeness (QED) is 0.551. The van der Waals surface area contributed by atoms with Gasteiger partial charge in [-0.05, 0) is 56.4 Å². The third-order valence-electron chi connectivity index (χ3n) is 8.37. The highest BCUT2D eigenvalue weighted by atomic mass is 35.5. The summed E-state index contributed by atoms with van der Waals surface area (Å²) >= 11 is 12.5. The monoisotopic (exact) mass is 544 g/mol.